The van der Waals surface area contributed by atoms with Gasteiger partial charge in [-0.2, -0.15) is 0 Å². The molecule has 0 aromatic heterocycles. The van der Waals surface area contributed by atoms with Gasteiger partial charge in [0.25, 0.3) is 0 Å². The Morgan fingerprint density at radius 3 is 2.47 bits per heavy atom. The summed E-state index contributed by atoms with van der Waals surface area (Å²) in [7, 11) is 0. The Morgan fingerprint density at radius 1 is 1.26 bits per heavy atom. The van der Waals surface area contributed by atoms with Gasteiger partial charge < -0.3 is 10.6 Å². The molecule has 1 atom stereocenters. The van der Waals surface area contributed by atoms with Crippen molar-refractivity contribution in [1.82, 2.24) is 0 Å². The lowest BCUT2D eigenvalue weighted by Crippen LogP contribution is -2.33. The van der Waals surface area contributed by atoms with Crippen molar-refractivity contribution in [2.45, 2.75) is 59.0 Å². The molecule has 19 heavy (non-hydrogen) atoms. The van der Waals surface area contributed by atoms with Gasteiger partial charge in [0.15, 0.2) is 0 Å². The quantitative estimate of drug-likeness (QED) is 0.806. The average Bonchev–Trinajstić information content (AvgIpc) is 2.36. The summed E-state index contributed by atoms with van der Waals surface area (Å²) in [5, 5.41) is 0. The zero-order valence-electron chi connectivity index (χ0n) is 12.6. The van der Waals surface area contributed by atoms with E-state index in [0.717, 1.165) is 30.3 Å². The third kappa shape index (κ3) is 4.81. The summed E-state index contributed by atoms with van der Waals surface area (Å²) in [5.74, 6) is 0. The molecule has 0 spiro atoms. The molecule has 108 valence electrons. The minimum Gasteiger partial charge on any atom is -0.369 e. The average molecular weight is 327 g/mol. The van der Waals surface area contributed by atoms with Crippen LogP contribution in [-0.4, -0.2) is 18.6 Å². The van der Waals surface area contributed by atoms with E-state index in [1.54, 1.807) is 0 Å². The summed E-state index contributed by atoms with van der Waals surface area (Å²) in [6.07, 6.45) is 3.12. The van der Waals surface area contributed by atoms with Crippen LogP contribution in [-0.2, 0) is 6.42 Å². The molecule has 0 saturated heterocycles. The number of nitrogens with zero attached hydrogens (tertiary/aromatic N) is 1. The predicted octanol–water partition coefficient (Wildman–Crippen LogP) is 4.35. The minimum absolute atomic E-state index is 0.240. The van der Waals surface area contributed by atoms with Crippen molar-refractivity contribution >= 4 is 21.6 Å². The van der Waals surface area contributed by atoms with Crippen molar-refractivity contribution in [2.75, 3.05) is 11.4 Å². The predicted molar refractivity (Wildman–Crippen MR) is 88.9 cm³/mol. The summed E-state index contributed by atoms with van der Waals surface area (Å²) >= 11 is 3.57. The molecule has 0 amide bonds. The summed E-state index contributed by atoms with van der Waals surface area (Å²) in [6, 6.07) is 7.32. The van der Waals surface area contributed by atoms with E-state index in [9.17, 15) is 0 Å². The monoisotopic (exact) mass is 326 g/mol. The van der Waals surface area contributed by atoms with Crippen molar-refractivity contribution in [3.63, 3.8) is 0 Å². The number of benzene rings is 1. The van der Waals surface area contributed by atoms with Gasteiger partial charge in [0.2, 0.25) is 0 Å². The van der Waals surface area contributed by atoms with Crippen LogP contribution >= 0.6 is 15.9 Å². The minimum atomic E-state index is 0.240. The fraction of sp³-hybridized carbons (Fsp3) is 0.625. The molecule has 0 aliphatic carbocycles. The van der Waals surface area contributed by atoms with Crippen LogP contribution < -0.4 is 10.6 Å². The van der Waals surface area contributed by atoms with Gasteiger partial charge in [-0.1, -0.05) is 29.8 Å². The van der Waals surface area contributed by atoms with Gasteiger partial charge in [0.1, 0.15) is 0 Å². The Morgan fingerprint density at radius 2 is 1.95 bits per heavy atom. The van der Waals surface area contributed by atoms with Gasteiger partial charge in [-0.3, -0.25) is 0 Å². The Bertz CT molecular complexity index is 390. The number of rotatable bonds is 7. The maximum atomic E-state index is 6.14. The fourth-order valence-corrected chi connectivity index (χ4v) is 2.73. The molecule has 3 heteroatoms. The number of anilines is 1. The topological polar surface area (TPSA) is 29.3 Å². The molecular weight excluding hydrogens is 300 g/mol. The van der Waals surface area contributed by atoms with E-state index >= 15 is 0 Å². The molecule has 2 N–H and O–H groups in total. The maximum Gasteiger partial charge on any atom is 0.0402 e. The molecule has 2 nitrogen and oxygen atoms in total. The first-order valence-electron chi connectivity index (χ1n) is 7.30. The van der Waals surface area contributed by atoms with E-state index in [0.29, 0.717) is 6.04 Å². The highest BCUT2D eigenvalue weighted by Crippen LogP contribution is 2.27. The third-order valence-electron chi connectivity index (χ3n) is 3.45. The molecule has 1 aromatic rings. The Hall–Kier alpha value is -0.540. The summed E-state index contributed by atoms with van der Waals surface area (Å²) in [6.45, 7) is 9.97. The molecule has 0 radical (unpaired) electrons. The lowest BCUT2D eigenvalue weighted by atomic mass is 10.0. The van der Waals surface area contributed by atoms with Crippen LogP contribution in [0.4, 0.5) is 5.69 Å². The Balaban J connectivity index is 3.09. The van der Waals surface area contributed by atoms with E-state index in [-0.39, 0.29) is 6.04 Å². The van der Waals surface area contributed by atoms with Crippen molar-refractivity contribution in [3.05, 3.63) is 28.2 Å². The molecular formula is C16H27BrN2. The third-order valence-corrected chi connectivity index (χ3v) is 3.94. The zero-order chi connectivity index (χ0) is 14.4. The first-order chi connectivity index (χ1) is 8.99. The Kier molecular flexibility index (Phi) is 6.87. The molecule has 0 saturated carbocycles. The number of halogens is 1. The molecule has 0 heterocycles. The van der Waals surface area contributed by atoms with Gasteiger partial charge >= 0.3 is 0 Å². The van der Waals surface area contributed by atoms with Gasteiger partial charge in [-0.25, -0.2) is 0 Å². The second-order valence-electron chi connectivity index (χ2n) is 5.43. The van der Waals surface area contributed by atoms with Crippen LogP contribution in [0.15, 0.2) is 22.7 Å². The highest BCUT2D eigenvalue weighted by molar-refractivity contribution is 9.10. The first-order valence-corrected chi connectivity index (χ1v) is 8.09. The molecule has 0 aliphatic rings. The van der Waals surface area contributed by atoms with Gasteiger partial charge in [0.05, 0.1) is 0 Å². The van der Waals surface area contributed by atoms with Crippen molar-refractivity contribution in [2.24, 2.45) is 5.73 Å². The molecule has 0 bridgehead atoms. The number of hydrogen-bond donors (Lipinski definition) is 1. The van der Waals surface area contributed by atoms with Crippen LogP contribution in [0.3, 0.4) is 0 Å². The standard InChI is InChI=1S/C16H27BrN2/c1-5-9-19(12(3)4)16-8-7-14(17)10-13(16)11-15(18)6-2/h7-8,10,12,15H,5-6,9,11,18H2,1-4H3. The van der Waals surface area contributed by atoms with E-state index in [1.807, 2.05) is 0 Å². The molecule has 1 rings (SSSR count). The normalized spacial score (nSPS) is 12.8. The highest BCUT2D eigenvalue weighted by atomic mass is 79.9. The molecule has 0 aliphatic heterocycles. The van der Waals surface area contributed by atoms with Crippen LogP contribution in [0.5, 0.6) is 0 Å². The molecule has 0 fully saturated rings. The first kappa shape index (κ1) is 16.5. The van der Waals surface area contributed by atoms with Crippen LogP contribution in [0.1, 0.15) is 46.1 Å². The molecule has 1 aromatic carbocycles. The number of hydrogen-bond acceptors (Lipinski definition) is 2. The largest absolute Gasteiger partial charge is 0.369 e. The van der Waals surface area contributed by atoms with E-state index < -0.39 is 0 Å². The fourth-order valence-electron chi connectivity index (χ4n) is 2.32. The number of nitrogens with two attached hydrogens (primary N) is 1. The molecule has 1 unspecified atom stereocenters. The maximum absolute atomic E-state index is 6.14. The van der Waals surface area contributed by atoms with Crippen LogP contribution in [0, 0.1) is 0 Å². The van der Waals surface area contributed by atoms with Crippen LogP contribution in [0.2, 0.25) is 0 Å². The van der Waals surface area contributed by atoms with Crippen molar-refractivity contribution in [3.8, 4) is 0 Å². The summed E-state index contributed by atoms with van der Waals surface area (Å²) in [5.41, 5.74) is 8.83. The van der Waals surface area contributed by atoms with E-state index in [4.69, 9.17) is 5.73 Å². The van der Waals surface area contributed by atoms with Gasteiger partial charge in [0, 0.05) is 28.8 Å². The van der Waals surface area contributed by atoms with Crippen molar-refractivity contribution in [1.29, 1.82) is 0 Å². The van der Waals surface area contributed by atoms with Crippen LogP contribution in [0.25, 0.3) is 0 Å². The van der Waals surface area contributed by atoms with Gasteiger partial charge in [-0.05, 0) is 56.9 Å². The summed E-state index contributed by atoms with van der Waals surface area (Å²) < 4.78 is 1.13. The smallest absolute Gasteiger partial charge is 0.0402 e. The second-order valence-corrected chi connectivity index (χ2v) is 6.35. The van der Waals surface area contributed by atoms with Crippen molar-refractivity contribution < 1.29 is 0 Å². The zero-order valence-corrected chi connectivity index (χ0v) is 14.2. The lowest BCUT2D eigenvalue weighted by Gasteiger charge is -2.31. The van der Waals surface area contributed by atoms with E-state index in [2.05, 4.69) is 66.7 Å². The highest BCUT2D eigenvalue weighted by Gasteiger charge is 2.15. The summed E-state index contributed by atoms with van der Waals surface area (Å²) in [4.78, 5) is 2.48. The van der Waals surface area contributed by atoms with Gasteiger partial charge in [-0.15, -0.1) is 0 Å². The van der Waals surface area contributed by atoms with E-state index in [1.165, 1.54) is 11.3 Å². The lowest BCUT2D eigenvalue weighted by molar-refractivity contribution is 0.633. The Labute approximate surface area is 126 Å². The second kappa shape index (κ2) is 7.91. The SMILES string of the molecule is CCCN(c1ccc(Br)cc1CC(N)CC)C(C)C.